The summed E-state index contributed by atoms with van der Waals surface area (Å²) < 4.78 is 5.09. The lowest BCUT2D eigenvalue weighted by Gasteiger charge is -2.15. The average Bonchev–Trinajstić information content (AvgIpc) is 2.26. The lowest BCUT2D eigenvalue weighted by atomic mass is 10.0. The van der Waals surface area contributed by atoms with Crippen molar-refractivity contribution >= 4 is 0 Å². The molecule has 2 atom stereocenters. The second kappa shape index (κ2) is 5.73. The van der Waals surface area contributed by atoms with Crippen LogP contribution in [0.5, 0.6) is 5.75 Å². The van der Waals surface area contributed by atoms with Crippen molar-refractivity contribution in [3.8, 4) is 5.75 Å². The molecular weight excluding hydrogens is 188 g/mol. The third-order valence-electron chi connectivity index (χ3n) is 2.60. The van der Waals surface area contributed by atoms with E-state index < -0.39 is 0 Å². The highest BCUT2D eigenvalue weighted by molar-refractivity contribution is 5.27. The summed E-state index contributed by atoms with van der Waals surface area (Å²) in [6.07, 6.45) is 1.89. The van der Waals surface area contributed by atoms with E-state index in [-0.39, 0.29) is 12.1 Å². The van der Waals surface area contributed by atoms with Gasteiger partial charge in [-0.05, 0) is 37.5 Å². The van der Waals surface area contributed by atoms with E-state index >= 15 is 0 Å². The van der Waals surface area contributed by atoms with E-state index in [9.17, 15) is 0 Å². The fraction of sp³-hybridized carbons (Fsp3) is 0.500. The molecule has 0 aliphatic heterocycles. The number of hydrogen-bond acceptors (Lipinski definition) is 3. The number of ether oxygens (including phenoxy) is 1. The van der Waals surface area contributed by atoms with Gasteiger partial charge in [0, 0.05) is 12.1 Å². The summed E-state index contributed by atoms with van der Waals surface area (Å²) in [5, 5.41) is 0. The van der Waals surface area contributed by atoms with Gasteiger partial charge in [-0.15, -0.1) is 0 Å². The molecule has 0 aliphatic carbocycles. The molecule has 0 bridgehead atoms. The van der Waals surface area contributed by atoms with Crippen molar-refractivity contribution in [2.24, 2.45) is 11.5 Å². The number of rotatable bonds is 5. The summed E-state index contributed by atoms with van der Waals surface area (Å²) in [4.78, 5) is 0. The van der Waals surface area contributed by atoms with Crippen LogP contribution in [0.4, 0.5) is 0 Å². The van der Waals surface area contributed by atoms with E-state index in [1.807, 2.05) is 19.1 Å². The van der Waals surface area contributed by atoms with E-state index in [0.29, 0.717) is 0 Å². The van der Waals surface area contributed by atoms with Gasteiger partial charge in [-0.25, -0.2) is 0 Å². The lowest BCUT2D eigenvalue weighted by Crippen LogP contribution is -2.39. The highest BCUT2D eigenvalue weighted by Gasteiger charge is 2.07. The van der Waals surface area contributed by atoms with Crippen molar-refractivity contribution in [1.29, 1.82) is 0 Å². The molecule has 1 rings (SSSR count). The fourth-order valence-electron chi connectivity index (χ4n) is 1.39. The van der Waals surface area contributed by atoms with Gasteiger partial charge < -0.3 is 16.2 Å². The predicted molar refractivity (Wildman–Crippen MR) is 62.9 cm³/mol. The molecule has 0 amide bonds. The van der Waals surface area contributed by atoms with Crippen molar-refractivity contribution < 1.29 is 4.74 Å². The first-order valence-electron chi connectivity index (χ1n) is 5.27. The number of nitrogens with two attached hydrogens (primary N) is 2. The molecule has 0 heterocycles. The Kier molecular flexibility index (Phi) is 4.59. The Bertz CT molecular complexity index is 282. The van der Waals surface area contributed by atoms with Crippen LogP contribution in [0.2, 0.25) is 0 Å². The van der Waals surface area contributed by atoms with Crippen LogP contribution in [0.1, 0.15) is 18.9 Å². The van der Waals surface area contributed by atoms with Crippen LogP contribution >= 0.6 is 0 Å². The van der Waals surface area contributed by atoms with E-state index in [1.165, 1.54) is 5.56 Å². The molecule has 3 heteroatoms. The summed E-state index contributed by atoms with van der Waals surface area (Å²) in [5.41, 5.74) is 12.8. The summed E-state index contributed by atoms with van der Waals surface area (Å²) in [6.45, 7) is 1.94. The molecule has 1 aromatic rings. The minimum atomic E-state index is 0.0586. The van der Waals surface area contributed by atoms with E-state index in [1.54, 1.807) is 7.11 Å². The molecular formula is C12H20N2O. The number of methoxy groups -OCH3 is 1. The van der Waals surface area contributed by atoms with Crippen LogP contribution in [0.25, 0.3) is 0 Å². The number of hydrogen-bond donors (Lipinski definition) is 2. The van der Waals surface area contributed by atoms with Crippen LogP contribution in [-0.4, -0.2) is 19.2 Å². The van der Waals surface area contributed by atoms with Crippen molar-refractivity contribution in [2.45, 2.75) is 31.8 Å². The monoisotopic (exact) mass is 208 g/mol. The molecule has 84 valence electrons. The van der Waals surface area contributed by atoms with Gasteiger partial charge >= 0.3 is 0 Å². The predicted octanol–water partition coefficient (Wildman–Crippen LogP) is 1.30. The Morgan fingerprint density at radius 3 is 2.27 bits per heavy atom. The Hall–Kier alpha value is -1.06. The number of benzene rings is 1. The molecule has 0 saturated carbocycles. The van der Waals surface area contributed by atoms with E-state index in [4.69, 9.17) is 16.2 Å². The van der Waals surface area contributed by atoms with Gasteiger partial charge in [-0.1, -0.05) is 12.1 Å². The fourth-order valence-corrected chi connectivity index (χ4v) is 1.39. The third-order valence-corrected chi connectivity index (χ3v) is 2.60. The molecule has 0 spiro atoms. The van der Waals surface area contributed by atoms with E-state index in [0.717, 1.165) is 18.6 Å². The quantitative estimate of drug-likeness (QED) is 0.766. The van der Waals surface area contributed by atoms with Crippen LogP contribution < -0.4 is 16.2 Å². The van der Waals surface area contributed by atoms with Gasteiger partial charge in [0.1, 0.15) is 5.75 Å². The standard InChI is InChI=1S/C12H20N2O/c1-9(13)12(14)8-5-10-3-6-11(15-2)7-4-10/h3-4,6-7,9,12H,5,8,13-14H2,1-2H3. The average molecular weight is 208 g/mol. The zero-order chi connectivity index (χ0) is 11.3. The van der Waals surface area contributed by atoms with Crippen molar-refractivity contribution in [3.63, 3.8) is 0 Å². The maximum absolute atomic E-state index is 5.87. The zero-order valence-corrected chi connectivity index (χ0v) is 9.44. The van der Waals surface area contributed by atoms with Crippen LogP contribution in [0.3, 0.4) is 0 Å². The van der Waals surface area contributed by atoms with Crippen LogP contribution in [-0.2, 0) is 6.42 Å². The number of aryl methyl sites for hydroxylation is 1. The highest BCUT2D eigenvalue weighted by atomic mass is 16.5. The maximum atomic E-state index is 5.87. The molecule has 15 heavy (non-hydrogen) atoms. The van der Waals surface area contributed by atoms with Crippen LogP contribution in [0, 0.1) is 0 Å². The molecule has 1 aromatic carbocycles. The van der Waals surface area contributed by atoms with Gasteiger partial charge in [0.2, 0.25) is 0 Å². The Labute approximate surface area is 91.4 Å². The molecule has 0 aliphatic rings. The lowest BCUT2D eigenvalue weighted by molar-refractivity contribution is 0.414. The second-order valence-corrected chi connectivity index (χ2v) is 3.91. The zero-order valence-electron chi connectivity index (χ0n) is 9.44. The first-order chi connectivity index (χ1) is 7.13. The third kappa shape index (κ3) is 3.90. The summed E-state index contributed by atoms with van der Waals surface area (Å²) in [6, 6.07) is 8.19. The topological polar surface area (TPSA) is 61.3 Å². The molecule has 3 nitrogen and oxygen atoms in total. The Morgan fingerprint density at radius 2 is 1.80 bits per heavy atom. The summed E-state index contributed by atoms with van der Waals surface area (Å²) in [7, 11) is 1.67. The van der Waals surface area contributed by atoms with E-state index in [2.05, 4.69) is 12.1 Å². The SMILES string of the molecule is COc1ccc(CCC(N)C(C)N)cc1. The van der Waals surface area contributed by atoms with Gasteiger partial charge in [-0.2, -0.15) is 0 Å². The smallest absolute Gasteiger partial charge is 0.118 e. The summed E-state index contributed by atoms with van der Waals surface area (Å²) >= 11 is 0. The van der Waals surface area contributed by atoms with Crippen molar-refractivity contribution in [2.75, 3.05) is 7.11 Å². The first-order valence-corrected chi connectivity index (χ1v) is 5.27. The molecule has 0 saturated heterocycles. The highest BCUT2D eigenvalue weighted by Crippen LogP contribution is 2.13. The molecule has 2 unspecified atom stereocenters. The molecule has 0 aromatic heterocycles. The molecule has 0 radical (unpaired) electrons. The normalized spacial score (nSPS) is 14.7. The van der Waals surface area contributed by atoms with Crippen LogP contribution in [0.15, 0.2) is 24.3 Å². The first kappa shape index (κ1) is 12.0. The van der Waals surface area contributed by atoms with Crippen molar-refractivity contribution in [1.82, 2.24) is 0 Å². The Balaban J connectivity index is 2.44. The van der Waals surface area contributed by atoms with Crippen molar-refractivity contribution in [3.05, 3.63) is 29.8 Å². The van der Waals surface area contributed by atoms with Gasteiger partial charge in [0.15, 0.2) is 0 Å². The maximum Gasteiger partial charge on any atom is 0.118 e. The molecule has 4 N–H and O–H groups in total. The minimum absolute atomic E-state index is 0.0586. The Morgan fingerprint density at radius 1 is 1.20 bits per heavy atom. The van der Waals surface area contributed by atoms with Gasteiger partial charge in [0.25, 0.3) is 0 Å². The van der Waals surface area contributed by atoms with Gasteiger partial charge in [0.05, 0.1) is 7.11 Å². The largest absolute Gasteiger partial charge is 0.497 e. The minimum Gasteiger partial charge on any atom is -0.497 e. The molecule has 0 fully saturated rings. The second-order valence-electron chi connectivity index (χ2n) is 3.91. The summed E-state index contributed by atoms with van der Waals surface area (Å²) in [5.74, 6) is 0.884. The van der Waals surface area contributed by atoms with Gasteiger partial charge in [-0.3, -0.25) is 0 Å².